The van der Waals surface area contributed by atoms with E-state index in [0.717, 1.165) is 0 Å². The molecule has 1 aromatic carbocycles. The molecule has 0 amide bonds. The lowest BCUT2D eigenvalue weighted by atomic mass is 10.0. The van der Waals surface area contributed by atoms with Gasteiger partial charge in [0.25, 0.3) is 0 Å². The molecule has 0 saturated heterocycles. The number of hydrogen-bond acceptors (Lipinski definition) is 6. The number of benzene rings is 1. The molecule has 0 radical (unpaired) electrons. The van der Waals surface area contributed by atoms with Crippen LogP contribution in [0.4, 0.5) is 0 Å². The number of aliphatic hydroxyl groups is 1. The standard InChI is InChI=1S/C17H19ClO7/c1-9(2)16(22)24-6-7-25-17(23)12-5-4-11(8-10(3)19)14(18)13(12)15(20)21/h4-5,10,19H,1,6-8H2,2-3H3,(H,20,21). The van der Waals surface area contributed by atoms with Gasteiger partial charge in [-0.25, -0.2) is 14.4 Å². The van der Waals surface area contributed by atoms with Gasteiger partial charge in [0.2, 0.25) is 0 Å². The second-order valence-electron chi connectivity index (χ2n) is 5.37. The summed E-state index contributed by atoms with van der Waals surface area (Å²) in [6, 6.07) is 2.73. The van der Waals surface area contributed by atoms with Crippen molar-refractivity contribution in [3.05, 3.63) is 46.0 Å². The monoisotopic (exact) mass is 370 g/mol. The highest BCUT2D eigenvalue weighted by molar-refractivity contribution is 6.35. The maximum Gasteiger partial charge on any atom is 0.339 e. The van der Waals surface area contributed by atoms with Crippen LogP contribution in [-0.2, 0) is 20.7 Å². The molecule has 1 rings (SSSR count). The first-order chi connectivity index (χ1) is 11.6. The van der Waals surface area contributed by atoms with E-state index in [-0.39, 0.29) is 35.8 Å². The summed E-state index contributed by atoms with van der Waals surface area (Å²) in [6.45, 7) is 5.98. The number of halogens is 1. The molecule has 0 saturated carbocycles. The van der Waals surface area contributed by atoms with E-state index in [9.17, 15) is 24.6 Å². The topological polar surface area (TPSA) is 110 Å². The largest absolute Gasteiger partial charge is 0.478 e. The zero-order chi connectivity index (χ0) is 19.1. The highest BCUT2D eigenvalue weighted by Crippen LogP contribution is 2.26. The van der Waals surface area contributed by atoms with Crippen LogP contribution < -0.4 is 0 Å². The zero-order valence-corrected chi connectivity index (χ0v) is 14.6. The molecule has 0 aromatic heterocycles. The second kappa shape index (κ2) is 9.19. The van der Waals surface area contributed by atoms with Crippen LogP contribution in [0.15, 0.2) is 24.3 Å². The molecule has 0 aliphatic heterocycles. The molecular weight excluding hydrogens is 352 g/mol. The molecular formula is C17H19ClO7. The Morgan fingerprint density at radius 1 is 1.24 bits per heavy atom. The maximum absolute atomic E-state index is 12.1. The van der Waals surface area contributed by atoms with Crippen LogP contribution in [0.5, 0.6) is 0 Å². The van der Waals surface area contributed by atoms with E-state index in [1.54, 1.807) is 0 Å². The van der Waals surface area contributed by atoms with E-state index >= 15 is 0 Å². The number of aromatic carboxylic acids is 1. The third kappa shape index (κ3) is 5.88. The average Bonchev–Trinajstić information content (AvgIpc) is 2.51. The number of aliphatic hydroxyl groups excluding tert-OH is 1. The van der Waals surface area contributed by atoms with Crippen molar-refractivity contribution in [3.63, 3.8) is 0 Å². The molecule has 0 fully saturated rings. The number of carboxylic acids is 1. The molecule has 0 aliphatic carbocycles. The summed E-state index contributed by atoms with van der Waals surface area (Å²) < 4.78 is 9.68. The number of carbonyl (C=O) groups is 3. The van der Waals surface area contributed by atoms with E-state index in [0.29, 0.717) is 5.56 Å². The highest BCUT2D eigenvalue weighted by atomic mass is 35.5. The molecule has 25 heavy (non-hydrogen) atoms. The van der Waals surface area contributed by atoms with Gasteiger partial charge in [-0.15, -0.1) is 0 Å². The van der Waals surface area contributed by atoms with Gasteiger partial charge in [-0.05, 0) is 31.9 Å². The lowest BCUT2D eigenvalue weighted by Gasteiger charge is -2.13. The third-order valence-corrected chi connectivity index (χ3v) is 3.50. The van der Waals surface area contributed by atoms with Crippen LogP contribution in [-0.4, -0.2) is 47.4 Å². The van der Waals surface area contributed by atoms with Crippen molar-refractivity contribution >= 4 is 29.5 Å². The van der Waals surface area contributed by atoms with Crippen LogP contribution >= 0.6 is 11.6 Å². The minimum atomic E-state index is -1.39. The molecule has 0 heterocycles. The van der Waals surface area contributed by atoms with Crippen LogP contribution in [0.1, 0.15) is 40.1 Å². The first-order valence-corrected chi connectivity index (χ1v) is 7.75. The van der Waals surface area contributed by atoms with Gasteiger partial charge in [-0.3, -0.25) is 0 Å². The van der Waals surface area contributed by atoms with Crippen molar-refractivity contribution < 1.29 is 34.1 Å². The number of hydrogen-bond donors (Lipinski definition) is 2. The lowest BCUT2D eigenvalue weighted by molar-refractivity contribution is -0.140. The van der Waals surface area contributed by atoms with Crippen molar-refractivity contribution in [1.82, 2.24) is 0 Å². The van der Waals surface area contributed by atoms with Gasteiger partial charge in [0, 0.05) is 5.57 Å². The molecule has 2 N–H and O–H groups in total. The van der Waals surface area contributed by atoms with E-state index in [1.165, 1.54) is 26.0 Å². The molecule has 0 spiro atoms. The van der Waals surface area contributed by atoms with Crippen molar-refractivity contribution in [2.75, 3.05) is 13.2 Å². The summed E-state index contributed by atoms with van der Waals surface area (Å²) in [5.74, 6) is -2.92. The number of carbonyl (C=O) groups excluding carboxylic acids is 2. The predicted molar refractivity (Wildman–Crippen MR) is 89.9 cm³/mol. The van der Waals surface area contributed by atoms with Gasteiger partial charge < -0.3 is 19.7 Å². The molecule has 8 heteroatoms. The molecule has 136 valence electrons. The van der Waals surface area contributed by atoms with Crippen molar-refractivity contribution in [2.45, 2.75) is 26.4 Å². The summed E-state index contributed by atoms with van der Waals surface area (Å²) >= 11 is 6.06. The molecule has 7 nitrogen and oxygen atoms in total. The number of rotatable bonds is 8. The lowest BCUT2D eigenvalue weighted by Crippen LogP contribution is -2.17. The van der Waals surface area contributed by atoms with E-state index in [2.05, 4.69) is 6.58 Å². The SMILES string of the molecule is C=C(C)C(=O)OCCOC(=O)c1ccc(CC(C)O)c(Cl)c1C(=O)O. The Balaban J connectivity index is 2.87. The van der Waals surface area contributed by atoms with Crippen LogP contribution in [0.25, 0.3) is 0 Å². The Bertz CT molecular complexity index is 694. The summed E-state index contributed by atoms with van der Waals surface area (Å²) in [7, 11) is 0. The summed E-state index contributed by atoms with van der Waals surface area (Å²) in [6.07, 6.45) is -0.578. The van der Waals surface area contributed by atoms with Gasteiger partial charge >= 0.3 is 17.9 Å². The van der Waals surface area contributed by atoms with Gasteiger partial charge in [-0.2, -0.15) is 0 Å². The minimum Gasteiger partial charge on any atom is -0.478 e. The fourth-order valence-electron chi connectivity index (χ4n) is 1.94. The fraction of sp³-hybridized carbons (Fsp3) is 0.353. The molecule has 1 aromatic rings. The van der Waals surface area contributed by atoms with E-state index in [1.807, 2.05) is 0 Å². The Morgan fingerprint density at radius 3 is 2.36 bits per heavy atom. The smallest absolute Gasteiger partial charge is 0.339 e. The van der Waals surface area contributed by atoms with Crippen LogP contribution in [0, 0.1) is 0 Å². The summed E-state index contributed by atoms with van der Waals surface area (Å²) in [5, 5.41) is 18.6. The molecule has 1 unspecified atom stereocenters. The molecule has 1 atom stereocenters. The summed E-state index contributed by atoms with van der Waals surface area (Å²) in [4.78, 5) is 34.7. The number of carboxylic acid groups (broad SMARTS) is 1. The fourth-order valence-corrected chi connectivity index (χ4v) is 2.27. The van der Waals surface area contributed by atoms with Crippen LogP contribution in [0.2, 0.25) is 5.02 Å². The Labute approximate surface area is 149 Å². The first-order valence-electron chi connectivity index (χ1n) is 7.37. The number of esters is 2. The van der Waals surface area contributed by atoms with Gasteiger partial charge in [0.1, 0.15) is 13.2 Å². The van der Waals surface area contributed by atoms with Gasteiger partial charge in [0.15, 0.2) is 0 Å². The highest BCUT2D eigenvalue weighted by Gasteiger charge is 2.23. The summed E-state index contributed by atoms with van der Waals surface area (Å²) in [5.41, 5.74) is -0.0113. The van der Waals surface area contributed by atoms with Crippen molar-refractivity contribution in [3.8, 4) is 0 Å². The first kappa shape index (κ1) is 20.7. The van der Waals surface area contributed by atoms with Crippen LogP contribution in [0.3, 0.4) is 0 Å². The molecule has 0 aliphatic rings. The van der Waals surface area contributed by atoms with Gasteiger partial charge in [-0.1, -0.05) is 24.2 Å². The predicted octanol–water partition coefficient (Wildman–Crippen LogP) is 2.24. The molecule has 0 bridgehead atoms. The normalized spacial score (nSPS) is 11.5. The quantitative estimate of drug-likeness (QED) is 0.410. The Hall–Kier alpha value is -2.38. The Morgan fingerprint density at radius 2 is 1.84 bits per heavy atom. The van der Waals surface area contributed by atoms with Gasteiger partial charge in [0.05, 0.1) is 22.3 Å². The average molecular weight is 371 g/mol. The van der Waals surface area contributed by atoms with E-state index < -0.39 is 29.6 Å². The van der Waals surface area contributed by atoms with E-state index in [4.69, 9.17) is 21.1 Å². The maximum atomic E-state index is 12.1. The third-order valence-electron chi connectivity index (χ3n) is 3.07. The van der Waals surface area contributed by atoms with Crippen molar-refractivity contribution in [2.24, 2.45) is 0 Å². The van der Waals surface area contributed by atoms with Crippen molar-refractivity contribution in [1.29, 1.82) is 0 Å². The minimum absolute atomic E-state index is 0.128. The number of ether oxygens (including phenoxy) is 2. The second-order valence-corrected chi connectivity index (χ2v) is 5.75. The zero-order valence-electron chi connectivity index (χ0n) is 13.9. The Kier molecular flexibility index (Phi) is 7.60.